The summed E-state index contributed by atoms with van der Waals surface area (Å²) in [6.45, 7) is 0.496. The first-order valence-electron chi connectivity index (χ1n) is 7.42. The lowest BCUT2D eigenvalue weighted by atomic mass is 10.1. The Kier molecular flexibility index (Phi) is 6.06. The summed E-state index contributed by atoms with van der Waals surface area (Å²) in [5.74, 6) is -0.650. The topological polar surface area (TPSA) is 67.9 Å². The van der Waals surface area contributed by atoms with Crippen LogP contribution in [0.25, 0.3) is 0 Å². The van der Waals surface area contributed by atoms with Gasteiger partial charge in [0.2, 0.25) is 11.8 Å². The second kappa shape index (κ2) is 8.03. The monoisotopic (exact) mass is 324 g/mol. The number of likely N-dealkylation sites (tertiary alicyclic amines) is 1. The van der Waals surface area contributed by atoms with Gasteiger partial charge in [0.15, 0.2) is 6.29 Å². The van der Waals surface area contributed by atoms with Crippen LogP contribution in [0.15, 0.2) is 24.3 Å². The van der Waals surface area contributed by atoms with E-state index >= 15 is 0 Å². The highest BCUT2D eigenvalue weighted by Crippen LogP contribution is 2.22. The largest absolute Gasteiger partial charge is 0.354 e. The number of amides is 2. The van der Waals surface area contributed by atoms with Gasteiger partial charge in [-0.2, -0.15) is 0 Å². The molecule has 0 unspecified atom stereocenters. The van der Waals surface area contributed by atoms with Crippen LogP contribution in [-0.4, -0.2) is 49.8 Å². The van der Waals surface area contributed by atoms with Crippen LogP contribution in [0.1, 0.15) is 18.4 Å². The molecule has 23 heavy (non-hydrogen) atoms. The minimum Gasteiger partial charge on any atom is -0.354 e. The van der Waals surface area contributed by atoms with Crippen molar-refractivity contribution in [1.29, 1.82) is 0 Å². The quantitative estimate of drug-likeness (QED) is 0.761. The molecule has 0 aliphatic carbocycles. The lowest BCUT2D eigenvalue weighted by Crippen LogP contribution is -2.46. The number of methoxy groups -OCH3 is 2. The van der Waals surface area contributed by atoms with Gasteiger partial charge >= 0.3 is 0 Å². The van der Waals surface area contributed by atoms with Gasteiger partial charge in [0.05, 0.1) is 6.54 Å². The average Bonchev–Trinajstić information content (AvgIpc) is 2.91. The van der Waals surface area contributed by atoms with Gasteiger partial charge in [-0.25, -0.2) is 4.39 Å². The zero-order valence-corrected chi connectivity index (χ0v) is 13.3. The van der Waals surface area contributed by atoms with E-state index < -0.39 is 12.3 Å². The first-order valence-corrected chi connectivity index (χ1v) is 7.42. The third kappa shape index (κ3) is 4.49. The summed E-state index contributed by atoms with van der Waals surface area (Å²) in [6.07, 6.45) is 0.273. The molecule has 0 saturated carbocycles. The Morgan fingerprint density at radius 2 is 2.00 bits per heavy atom. The molecule has 6 nitrogen and oxygen atoms in total. The van der Waals surface area contributed by atoms with Crippen LogP contribution in [-0.2, 0) is 25.6 Å². The van der Waals surface area contributed by atoms with E-state index in [9.17, 15) is 14.0 Å². The number of carbonyl (C=O) groups is 2. The molecule has 1 saturated heterocycles. The van der Waals surface area contributed by atoms with E-state index in [0.717, 1.165) is 5.56 Å². The molecule has 0 radical (unpaired) electrons. The van der Waals surface area contributed by atoms with Crippen LogP contribution < -0.4 is 5.32 Å². The van der Waals surface area contributed by atoms with Crippen LogP contribution >= 0.6 is 0 Å². The molecule has 1 fully saturated rings. The first kappa shape index (κ1) is 17.4. The molecular formula is C16H21FN2O4. The number of hydrogen-bond acceptors (Lipinski definition) is 4. The summed E-state index contributed by atoms with van der Waals surface area (Å²) >= 11 is 0. The lowest BCUT2D eigenvalue weighted by molar-refractivity contribution is -0.138. The molecule has 1 aliphatic heterocycles. The number of halogens is 1. The van der Waals surface area contributed by atoms with Gasteiger partial charge in [0.1, 0.15) is 11.9 Å². The molecule has 1 atom stereocenters. The van der Waals surface area contributed by atoms with Crippen molar-refractivity contribution in [3.8, 4) is 0 Å². The second-order valence-corrected chi connectivity index (χ2v) is 5.35. The molecule has 1 aromatic rings. The second-order valence-electron chi connectivity index (χ2n) is 5.35. The highest BCUT2D eigenvalue weighted by atomic mass is 19.1. The Morgan fingerprint density at radius 3 is 2.61 bits per heavy atom. The third-order valence-electron chi connectivity index (χ3n) is 3.87. The number of ether oxygens (including phenoxy) is 2. The van der Waals surface area contributed by atoms with E-state index in [4.69, 9.17) is 9.47 Å². The minimum absolute atomic E-state index is 0.0792. The van der Waals surface area contributed by atoms with E-state index in [2.05, 4.69) is 5.32 Å². The SMILES string of the molecule is COC(CNC(=O)[C@H]1CCC(=O)N1Cc1ccc(F)cc1)OC. The van der Waals surface area contributed by atoms with Crippen molar-refractivity contribution in [3.63, 3.8) is 0 Å². The molecule has 0 aromatic heterocycles. The molecule has 7 heteroatoms. The maximum atomic E-state index is 13.0. The number of benzene rings is 1. The highest BCUT2D eigenvalue weighted by molar-refractivity contribution is 5.90. The minimum atomic E-state index is -0.526. The summed E-state index contributed by atoms with van der Waals surface area (Å²) in [4.78, 5) is 25.9. The van der Waals surface area contributed by atoms with E-state index in [1.807, 2.05) is 0 Å². The fraction of sp³-hybridized carbons (Fsp3) is 0.500. The third-order valence-corrected chi connectivity index (χ3v) is 3.87. The maximum Gasteiger partial charge on any atom is 0.243 e. The Labute approximate surface area is 134 Å². The summed E-state index contributed by atoms with van der Waals surface area (Å²) in [5, 5.41) is 2.73. The molecular weight excluding hydrogens is 303 g/mol. The van der Waals surface area contributed by atoms with Gasteiger partial charge < -0.3 is 19.7 Å². The predicted octanol–water partition coefficient (Wildman–Crippen LogP) is 1.05. The number of carbonyl (C=O) groups excluding carboxylic acids is 2. The summed E-state index contributed by atoms with van der Waals surface area (Å²) in [7, 11) is 2.97. The molecule has 1 heterocycles. The van der Waals surface area contributed by atoms with Gasteiger partial charge in [-0.1, -0.05) is 12.1 Å². The van der Waals surface area contributed by atoms with E-state index in [1.165, 1.54) is 31.3 Å². The van der Waals surface area contributed by atoms with Gasteiger partial charge in [-0.3, -0.25) is 9.59 Å². The van der Waals surface area contributed by atoms with Crippen LogP contribution in [0.2, 0.25) is 0 Å². The van der Waals surface area contributed by atoms with E-state index in [1.54, 1.807) is 12.1 Å². The van der Waals surface area contributed by atoms with Crippen molar-refractivity contribution in [2.75, 3.05) is 20.8 Å². The van der Waals surface area contributed by atoms with Crippen molar-refractivity contribution in [3.05, 3.63) is 35.6 Å². The Hall–Kier alpha value is -1.99. The smallest absolute Gasteiger partial charge is 0.243 e. The molecule has 2 amide bonds. The fourth-order valence-corrected chi connectivity index (χ4v) is 2.56. The van der Waals surface area contributed by atoms with Gasteiger partial charge in [-0.05, 0) is 24.1 Å². The molecule has 0 spiro atoms. The van der Waals surface area contributed by atoms with Gasteiger partial charge in [-0.15, -0.1) is 0 Å². The molecule has 2 rings (SSSR count). The molecule has 0 bridgehead atoms. The van der Waals surface area contributed by atoms with Crippen molar-refractivity contribution >= 4 is 11.8 Å². The van der Waals surface area contributed by atoms with Gasteiger partial charge in [0.25, 0.3) is 0 Å². The van der Waals surface area contributed by atoms with Crippen molar-refractivity contribution in [1.82, 2.24) is 10.2 Å². The van der Waals surface area contributed by atoms with Crippen LogP contribution in [0.4, 0.5) is 4.39 Å². The Bertz CT molecular complexity index is 546. The van der Waals surface area contributed by atoms with Crippen LogP contribution in [0.5, 0.6) is 0 Å². The van der Waals surface area contributed by atoms with Crippen LogP contribution in [0.3, 0.4) is 0 Å². The summed E-state index contributed by atoms with van der Waals surface area (Å²) in [5.41, 5.74) is 0.783. The number of nitrogens with one attached hydrogen (secondary N) is 1. The average molecular weight is 324 g/mol. The zero-order valence-electron chi connectivity index (χ0n) is 13.3. The van der Waals surface area contributed by atoms with Gasteiger partial charge in [0, 0.05) is 27.2 Å². The Morgan fingerprint density at radius 1 is 1.35 bits per heavy atom. The zero-order chi connectivity index (χ0) is 16.8. The molecule has 1 aromatic carbocycles. The number of nitrogens with zero attached hydrogens (tertiary/aromatic N) is 1. The number of hydrogen-bond donors (Lipinski definition) is 1. The first-order chi connectivity index (χ1) is 11.0. The predicted molar refractivity (Wildman–Crippen MR) is 80.8 cm³/mol. The van der Waals surface area contributed by atoms with E-state index in [0.29, 0.717) is 12.8 Å². The molecule has 1 aliphatic rings. The lowest BCUT2D eigenvalue weighted by Gasteiger charge is -2.25. The van der Waals surface area contributed by atoms with E-state index in [-0.39, 0.29) is 30.7 Å². The normalized spacial score (nSPS) is 17.8. The van der Waals surface area contributed by atoms with Crippen molar-refractivity contribution in [2.24, 2.45) is 0 Å². The fourth-order valence-electron chi connectivity index (χ4n) is 2.56. The molecule has 1 N–H and O–H groups in total. The number of rotatable bonds is 7. The standard InChI is InChI=1S/C16H21FN2O4/c1-22-15(23-2)9-18-16(21)13-7-8-14(20)19(13)10-11-3-5-12(17)6-4-11/h3-6,13,15H,7-10H2,1-2H3,(H,18,21)/t13-/m1/s1. The van der Waals surface area contributed by atoms with Crippen LogP contribution in [0, 0.1) is 5.82 Å². The maximum absolute atomic E-state index is 13.0. The summed E-state index contributed by atoms with van der Waals surface area (Å²) < 4.78 is 23.0. The van der Waals surface area contributed by atoms with Crippen molar-refractivity contribution < 1.29 is 23.5 Å². The summed E-state index contributed by atoms with van der Waals surface area (Å²) in [6, 6.07) is 5.38. The Balaban J connectivity index is 1.98. The molecule has 126 valence electrons. The highest BCUT2D eigenvalue weighted by Gasteiger charge is 2.35. The van der Waals surface area contributed by atoms with Crippen molar-refractivity contribution in [2.45, 2.75) is 31.7 Å².